The van der Waals surface area contributed by atoms with E-state index < -0.39 is 5.60 Å². The van der Waals surface area contributed by atoms with E-state index in [1.807, 2.05) is 39.5 Å². The lowest BCUT2D eigenvalue weighted by Crippen LogP contribution is -2.39. The minimum Gasteiger partial charge on any atom is -0.444 e. The molecule has 1 heterocycles. The summed E-state index contributed by atoms with van der Waals surface area (Å²) in [7, 11) is 0. The normalized spacial score (nSPS) is 28.1. The fourth-order valence-electron chi connectivity index (χ4n) is 3.11. The quantitative estimate of drug-likeness (QED) is 0.795. The second-order valence-corrected chi connectivity index (χ2v) is 6.75. The highest BCUT2D eigenvalue weighted by molar-refractivity contribution is 5.83. The first-order valence-corrected chi connectivity index (χ1v) is 7.55. The van der Waals surface area contributed by atoms with Gasteiger partial charge in [0, 0.05) is 32.1 Å². The molecule has 1 aliphatic heterocycles. The molecule has 3 atom stereocenters. The predicted octanol–water partition coefficient (Wildman–Crippen LogP) is 1.97. The highest BCUT2D eigenvalue weighted by atomic mass is 16.6. The van der Waals surface area contributed by atoms with E-state index in [1.54, 1.807) is 4.90 Å². The van der Waals surface area contributed by atoms with Crippen molar-refractivity contribution in [2.45, 2.75) is 40.2 Å². The Kier molecular flexibility index (Phi) is 3.98. The van der Waals surface area contributed by atoms with E-state index in [4.69, 9.17) is 4.74 Å². The molecule has 114 valence electrons. The molecule has 5 nitrogen and oxygen atoms in total. The van der Waals surface area contributed by atoms with Crippen LogP contribution in [-0.2, 0) is 9.53 Å². The third-order valence-electron chi connectivity index (χ3n) is 4.21. The first kappa shape index (κ1) is 15.1. The Balaban J connectivity index is 1.85. The van der Waals surface area contributed by atoms with Crippen LogP contribution in [0.1, 0.15) is 34.6 Å². The number of fused-ring (bicyclic) bond motifs is 1. The topological polar surface area (TPSA) is 49.9 Å². The predicted molar refractivity (Wildman–Crippen MR) is 76.2 cm³/mol. The van der Waals surface area contributed by atoms with Crippen LogP contribution in [0.4, 0.5) is 4.79 Å². The van der Waals surface area contributed by atoms with Gasteiger partial charge in [-0.05, 0) is 46.5 Å². The molecular formula is C15H26N2O3. The van der Waals surface area contributed by atoms with Crippen LogP contribution < -0.4 is 0 Å². The van der Waals surface area contributed by atoms with Crippen molar-refractivity contribution in [1.29, 1.82) is 0 Å². The summed E-state index contributed by atoms with van der Waals surface area (Å²) >= 11 is 0. The van der Waals surface area contributed by atoms with E-state index >= 15 is 0 Å². The summed E-state index contributed by atoms with van der Waals surface area (Å²) in [4.78, 5) is 27.9. The molecule has 0 aromatic carbocycles. The molecule has 1 unspecified atom stereocenters. The molecule has 1 saturated carbocycles. The Hall–Kier alpha value is -1.26. The number of hydrogen-bond donors (Lipinski definition) is 0. The SMILES string of the molecule is CCN(CC)C(=O)C1[C@H]2CN(C(=O)OC(C)(C)C)C[C@@H]12. The van der Waals surface area contributed by atoms with Crippen molar-refractivity contribution in [2.75, 3.05) is 26.2 Å². The van der Waals surface area contributed by atoms with Gasteiger partial charge in [-0.3, -0.25) is 4.79 Å². The molecule has 0 aromatic heterocycles. The fourth-order valence-corrected chi connectivity index (χ4v) is 3.11. The molecule has 20 heavy (non-hydrogen) atoms. The molecule has 2 amide bonds. The van der Waals surface area contributed by atoms with Crippen molar-refractivity contribution >= 4 is 12.0 Å². The zero-order valence-corrected chi connectivity index (χ0v) is 13.2. The third kappa shape index (κ3) is 2.91. The lowest BCUT2D eigenvalue weighted by molar-refractivity contribution is -0.133. The van der Waals surface area contributed by atoms with Gasteiger partial charge in [-0.2, -0.15) is 0 Å². The summed E-state index contributed by atoms with van der Waals surface area (Å²) in [6.07, 6.45) is -0.251. The number of amides is 2. The van der Waals surface area contributed by atoms with Gasteiger partial charge in [0.15, 0.2) is 0 Å². The maximum atomic E-state index is 12.3. The molecule has 1 saturated heterocycles. The van der Waals surface area contributed by atoms with Crippen molar-refractivity contribution in [3.8, 4) is 0 Å². The lowest BCUT2D eigenvalue weighted by atomic mass is 10.2. The zero-order valence-electron chi connectivity index (χ0n) is 13.2. The van der Waals surface area contributed by atoms with E-state index in [-0.39, 0.29) is 17.9 Å². The summed E-state index contributed by atoms with van der Waals surface area (Å²) in [5.41, 5.74) is -0.458. The number of carbonyl (C=O) groups excluding carboxylic acids is 2. The molecule has 0 radical (unpaired) electrons. The monoisotopic (exact) mass is 282 g/mol. The van der Waals surface area contributed by atoms with Crippen LogP contribution in [0.2, 0.25) is 0 Å². The molecule has 0 N–H and O–H groups in total. The Morgan fingerprint density at radius 1 is 1.15 bits per heavy atom. The molecule has 2 aliphatic rings. The van der Waals surface area contributed by atoms with E-state index in [1.165, 1.54) is 0 Å². The van der Waals surface area contributed by atoms with Gasteiger partial charge in [0.1, 0.15) is 5.60 Å². The van der Waals surface area contributed by atoms with Crippen LogP contribution in [0.5, 0.6) is 0 Å². The minimum absolute atomic E-state index is 0.133. The van der Waals surface area contributed by atoms with Crippen LogP contribution in [0.3, 0.4) is 0 Å². The summed E-state index contributed by atoms with van der Waals surface area (Å²) in [5.74, 6) is 1.08. The van der Waals surface area contributed by atoms with Crippen LogP contribution in [-0.4, -0.2) is 53.6 Å². The van der Waals surface area contributed by atoms with Crippen LogP contribution in [0.15, 0.2) is 0 Å². The molecule has 0 bridgehead atoms. The molecule has 0 spiro atoms. The fraction of sp³-hybridized carbons (Fsp3) is 0.867. The highest BCUT2D eigenvalue weighted by Gasteiger charge is 2.61. The minimum atomic E-state index is -0.458. The van der Waals surface area contributed by atoms with Crippen molar-refractivity contribution < 1.29 is 14.3 Å². The Labute approximate surface area is 121 Å². The number of hydrogen-bond acceptors (Lipinski definition) is 3. The Bertz CT molecular complexity index is 386. The van der Waals surface area contributed by atoms with Crippen molar-refractivity contribution in [3.05, 3.63) is 0 Å². The maximum absolute atomic E-state index is 12.3. The number of carbonyl (C=O) groups is 2. The largest absolute Gasteiger partial charge is 0.444 e. The number of nitrogens with zero attached hydrogens (tertiary/aromatic N) is 2. The van der Waals surface area contributed by atoms with E-state index in [0.29, 0.717) is 24.9 Å². The van der Waals surface area contributed by atoms with Crippen molar-refractivity contribution in [3.63, 3.8) is 0 Å². The summed E-state index contributed by atoms with van der Waals surface area (Å²) in [5, 5.41) is 0. The van der Waals surface area contributed by atoms with Gasteiger partial charge >= 0.3 is 6.09 Å². The summed E-state index contributed by atoms with van der Waals surface area (Å²) < 4.78 is 5.37. The molecule has 2 rings (SSSR count). The molecule has 2 fully saturated rings. The maximum Gasteiger partial charge on any atom is 0.410 e. The van der Waals surface area contributed by atoms with Crippen LogP contribution >= 0.6 is 0 Å². The second kappa shape index (κ2) is 5.26. The number of rotatable bonds is 3. The third-order valence-corrected chi connectivity index (χ3v) is 4.21. The average Bonchev–Trinajstić information content (AvgIpc) is 2.83. The number of ether oxygens (including phenoxy) is 1. The van der Waals surface area contributed by atoms with Gasteiger partial charge in [-0.25, -0.2) is 4.79 Å². The highest BCUT2D eigenvalue weighted by Crippen LogP contribution is 2.52. The zero-order chi connectivity index (χ0) is 15.1. The molecular weight excluding hydrogens is 256 g/mol. The van der Waals surface area contributed by atoms with Gasteiger partial charge < -0.3 is 14.5 Å². The van der Waals surface area contributed by atoms with Crippen LogP contribution in [0, 0.1) is 17.8 Å². The van der Waals surface area contributed by atoms with Gasteiger partial charge in [0.05, 0.1) is 0 Å². The summed E-state index contributed by atoms with van der Waals surface area (Å²) in [6.45, 7) is 12.5. The second-order valence-electron chi connectivity index (χ2n) is 6.75. The number of likely N-dealkylation sites (tertiary alicyclic amines) is 1. The lowest BCUT2D eigenvalue weighted by Gasteiger charge is -2.26. The van der Waals surface area contributed by atoms with E-state index in [9.17, 15) is 9.59 Å². The van der Waals surface area contributed by atoms with E-state index in [0.717, 1.165) is 13.1 Å². The van der Waals surface area contributed by atoms with Crippen molar-refractivity contribution in [2.24, 2.45) is 17.8 Å². The average molecular weight is 282 g/mol. The number of piperidine rings is 1. The van der Waals surface area contributed by atoms with E-state index in [2.05, 4.69) is 0 Å². The Morgan fingerprint density at radius 2 is 1.65 bits per heavy atom. The molecule has 5 heteroatoms. The molecule has 0 aromatic rings. The molecule has 1 aliphatic carbocycles. The van der Waals surface area contributed by atoms with Gasteiger partial charge in [-0.1, -0.05) is 0 Å². The van der Waals surface area contributed by atoms with Gasteiger partial charge in [0.25, 0.3) is 0 Å². The van der Waals surface area contributed by atoms with Crippen LogP contribution in [0.25, 0.3) is 0 Å². The summed E-state index contributed by atoms with van der Waals surface area (Å²) in [6, 6.07) is 0. The smallest absolute Gasteiger partial charge is 0.410 e. The van der Waals surface area contributed by atoms with Gasteiger partial charge in [0.2, 0.25) is 5.91 Å². The van der Waals surface area contributed by atoms with Crippen molar-refractivity contribution in [1.82, 2.24) is 9.80 Å². The standard InChI is InChI=1S/C15H26N2O3/c1-6-16(7-2)13(18)12-10-8-17(9-11(10)12)14(19)20-15(3,4)5/h10-12H,6-9H2,1-5H3/t10-,11+,12?. The van der Waals surface area contributed by atoms with Gasteiger partial charge in [-0.15, -0.1) is 0 Å². The first-order chi connectivity index (χ1) is 9.28. The first-order valence-electron chi connectivity index (χ1n) is 7.55. The Morgan fingerprint density at radius 3 is 2.05 bits per heavy atom.